The summed E-state index contributed by atoms with van der Waals surface area (Å²) in [7, 11) is 1.50. The summed E-state index contributed by atoms with van der Waals surface area (Å²) in [6.45, 7) is 2.20. The molecule has 2 aromatic rings. The molecule has 0 bridgehead atoms. The normalized spacial score (nSPS) is 10.3. The number of Topliss-reactive ketones (excluding diaryl/α,β-unsaturated/α-hetero) is 1. The Morgan fingerprint density at radius 2 is 1.81 bits per heavy atom. The second-order valence-electron chi connectivity index (χ2n) is 5.34. The Hall–Kier alpha value is -1.80. The predicted octanol–water partition coefficient (Wildman–Crippen LogP) is 4.78. The molecule has 0 radical (unpaired) electrons. The van der Waals surface area contributed by atoms with Gasteiger partial charge in [-0.3, -0.25) is 4.79 Å². The lowest BCUT2D eigenvalue weighted by Crippen LogP contribution is -2.14. The molecule has 0 aliphatic carbocycles. The number of halogens is 2. The topological polar surface area (TPSA) is 61.8 Å². The van der Waals surface area contributed by atoms with Gasteiger partial charge < -0.3 is 14.2 Å². The Bertz CT molecular complexity index is 789. The zero-order chi connectivity index (χ0) is 19.1. The number of esters is 1. The molecule has 0 spiro atoms. The van der Waals surface area contributed by atoms with Crippen LogP contribution in [0.1, 0.15) is 34.1 Å². The van der Waals surface area contributed by atoms with Gasteiger partial charge in [0.2, 0.25) is 0 Å². The standard InChI is InChI=1S/C19H18ClIO5/c1-3-8-25-18-15(21)9-13(10-17(18)24-2)19(23)26-11-16(22)12-4-6-14(20)7-5-12/h4-7,9-10H,3,8,11H2,1-2H3. The minimum absolute atomic E-state index is 0.291. The molecule has 0 atom stereocenters. The molecule has 26 heavy (non-hydrogen) atoms. The molecule has 0 aliphatic rings. The Morgan fingerprint density at radius 3 is 2.42 bits per heavy atom. The lowest BCUT2D eigenvalue weighted by Gasteiger charge is -2.13. The van der Waals surface area contributed by atoms with Crippen LogP contribution in [0, 0.1) is 3.57 Å². The third kappa shape index (κ3) is 5.35. The van der Waals surface area contributed by atoms with Gasteiger partial charge in [-0.05, 0) is 65.4 Å². The van der Waals surface area contributed by atoms with Gasteiger partial charge in [-0.1, -0.05) is 18.5 Å². The van der Waals surface area contributed by atoms with Crippen LogP contribution in [0.25, 0.3) is 0 Å². The minimum atomic E-state index is -0.606. The fourth-order valence-electron chi connectivity index (χ4n) is 2.12. The van der Waals surface area contributed by atoms with Crippen molar-refractivity contribution >= 4 is 45.9 Å². The molecule has 0 N–H and O–H groups in total. The average molecular weight is 489 g/mol. The van der Waals surface area contributed by atoms with Crippen molar-refractivity contribution in [2.45, 2.75) is 13.3 Å². The maximum absolute atomic E-state index is 12.3. The fraction of sp³-hybridized carbons (Fsp3) is 0.263. The third-order valence-electron chi connectivity index (χ3n) is 3.42. The van der Waals surface area contributed by atoms with Gasteiger partial charge in [-0.25, -0.2) is 4.79 Å². The number of carbonyl (C=O) groups is 2. The van der Waals surface area contributed by atoms with Crippen LogP contribution in [0.2, 0.25) is 5.02 Å². The van der Waals surface area contributed by atoms with Crippen LogP contribution in [-0.2, 0) is 4.74 Å². The number of methoxy groups -OCH3 is 1. The van der Waals surface area contributed by atoms with E-state index < -0.39 is 5.97 Å². The number of rotatable bonds is 8. The highest BCUT2D eigenvalue weighted by atomic mass is 127. The van der Waals surface area contributed by atoms with Crippen LogP contribution in [0.5, 0.6) is 11.5 Å². The second kappa shape index (κ2) is 9.78. The van der Waals surface area contributed by atoms with Crippen LogP contribution in [0.3, 0.4) is 0 Å². The van der Waals surface area contributed by atoms with Gasteiger partial charge in [0.05, 0.1) is 22.9 Å². The first-order valence-electron chi connectivity index (χ1n) is 7.92. The van der Waals surface area contributed by atoms with Crippen molar-refractivity contribution in [3.8, 4) is 11.5 Å². The Morgan fingerprint density at radius 1 is 1.12 bits per heavy atom. The van der Waals surface area contributed by atoms with Crippen molar-refractivity contribution in [1.29, 1.82) is 0 Å². The quantitative estimate of drug-likeness (QED) is 0.304. The van der Waals surface area contributed by atoms with Gasteiger partial charge in [0.15, 0.2) is 23.9 Å². The van der Waals surface area contributed by atoms with Crippen LogP contribution in [0.4, 0.5) is 0 Å². The van der Waals surface area contributed by atoms with E-state index in [0.29, 0.717) is 34.3 Å². The Labute approximate surface area is 170 Å². The van der Waals surface area contributed by atoms with Gasteiger partial charge in [0.1, 0.15) is 0 Å². The van der Waals surface area contributed by atoms with Gasteiger partial charge in [-0.2, -0.15) is 0 Å². The van der Waals surface area contributed by atoms with Gasteiger partial charge >= 0.3 is 5.97 Å². The summed E-state index contributed by atoms with van der Waals surface area (Å²) in [6, 6.07) is 9.58. The van der Waals surface area contributed by atoms with Crippen LogP contribution < -0.4 is 9.47 Å². The van der Waals surface area contributed by atoms with Crippen LogP contribution in [-0.4, -0.2) is 32.1 Å². The number of hydrogen-bond acceptors (Lipinski definition) is 5. The Kier molecular flexibility index (Phi) is 7.71. The van der Waals surface area contributed by atoms with Crippen LogP contribution >= 0.6 is 34.2 Å². The first-order chi connectivity index (χ1) is 12.5. The highest BCUT2D eigenvalue weighted by Gasteiger charge is 2.18. The predicted molar refractivity (Wildman–Crippen MR) is 108 cm³/mol. The van der Waals surface area contributed by atoms with Crippen molar-refractivity contribution in [3.63, 3.8) is 0 Å². The molecular weight excluding hydrogens is 471 g/mol. The largest absolute Gasteiger partial charge is 0.493 e. The number of carbonyl (C=O) groups excluding carboxylic acids is 2. The fourth-order valence-corrected chi connectivity index (χ4v) is 3.00. The molecule has 0 heterocycles. The van der Waals surface area contributed by atoms with Gasteiger partial charge in [0.25, 0.3) is 0 Å². The summed E-state index contributed by atoms with van der Waals surface area (Å²) in [5, 5.41) is 0.533. The van der Waals surface area contributed by atoms with E-state index in [1.54, 1.807) is 36.4 Å². The first-order valence-corrected chi connectivity index (χ1v) is 9.38. The number of benzene rings is 2. The number of ketones is 1. The molecule has 0 aromatic heterocycles. The van der Waals surface area contributed by atoms with Crippen molar-refractivity contribution in [1.82, 2.24) is 0 Å². The smallest absolute Gasteiger partial charge is 0.338 e. The van der Waals surface area contributed by atoms with E-state index in [1.165, 1.54) is 7.11 Å². The van der Waals surface area contributed by atoms with Gasteiger partial charge in [0, 0.05) is 10.6 Å². The summed E-state index contributed by atoms with van der Waals surface area (Å²) < 4.78 is 16.8. The molecule has 2 rings (SSSR count). The lowest BCUT2D eigenvalue weighted by atomic mass is 10.1. The van der Waals surface area contributed by atoms with E-state index >= 15 is 0 Å². The molecule has 0 aliphatic heterocycles. The summed E-state index contributed by atoms with van der Waals surface area (Å²) >= 11 is 7.86. The molecule has 2 aromatic carbocycles. The van der Waals surface area contributed by atoms with Crippen molar-refractivity contribution in [3.05, 3.63) is 56.1 Å². The number of ether oxygens (including phenoxy) is 3. The average Bonchev–Trinajstić information content (AvgIpc) is 2.64. The summed E-state index contributed by atoms with van der Waals surface area (Å²) in [5.74, 6) is 0.121. The Balaban J connectivity index is 2.08. The zero-order valence-corrected chi connectivity index (χ0v) is 17.3. The minimum Gasteiger partial charge on any atom is -0.493 e. The van der Waals surface area contributed by atoms with E-state index in [-0.39, 0.29) is 12.4 Å². The zero-order valence-electron chi connectivity index (χ0n) is 14.4. The molecule has 138 valence electrons. The molecule has 7 heteroatoms. The van der Waals surface area contributed by atoms with E-state index in [4.69, 9.17) is 25.8 Å². The summed E-state index contributed by atoms with van der Waals surface area (Å²) in [4.78, 5) is 24.4. The summed E-state index contributed by atoms with van der Waals surface area (Å²) in [6.07, 6.45) is 0.857. The third-order valence-corrected chi connectivity index (χ3v) is 4.47. The SMILES string of the molecule is CCCOc1c(I)cc(C(=O)OCC(=O)c2ccc(Cl)cc2)cc1OC. The first kappa shape index (κ1) is 20.5. The lowest BCUT2D eigenvalue weighted by molar-refractivity contribution is 0.0474. The molecule has 0 fully saturated rings. The van der Waals surface area contributed by atoms with Crippen molar-refractivity contribution in [2.75, 3.05) is 20.3 Å². The highest BCUT2D eigenvalue weighted by molar-refractivity contribution is 14.1. The highest BCUT2D eigenvalue weighted by Crippen LogP contribution is 2.34. The molecule has 0 saturated carbocycles. The monoisotopic (exact) mass is 488 g/mol. The number of hydrogen-bond donors (Lipinski definition) is 0. The maximum Gasteiger partial charge on any atom is 0.338 e. The molecule has 0 saturated heterocycles. The van der Waals surface area contributed by atoms with Crippen LogP contribution in [0.15, 0.2) is 36.4 Å². The van der Waals surface area contributed by atoms with E-state index in [9.17, 15) is 9.59 Å². The van der Waals surface area contributed by atoms with Crippen molar-refractivity contribution in [2.24, 2.45) is 0 Å². The van der Waals surface area contributed by atoms with E-state index in [0.717, 1.165) is 9.99 Å². The maximum atomic E-state index is 12.3. The van der Waals surface area contributed by atoms with Gasteiger partial charge in [-0.15, -0.1) is 0 Å². The molecule has 0 unspecified atom stereocenters. The molecule has 0 amide bonds. The van der Waals surface area contributed by atoms with E-state index in [1.807, 2.05) is 6.92 Å². The van der Waals surface area contributed by atoms with Crippen molar-refractivity contribution < 1.29 is 23.8 Å². The van der Waals surface area contributed by atoms with E-state index in [2.05, 4.69) is 22.6 Å². The summed E-state index contributed by atoms with van der Waals surface area (Å²) in [5.41, 5.74) is 0.719. The molecule has 5 nitrogen and oxygen atoms in total. The second-order valence-corrected chi connectivity index (χ2v) is 6.94. The molecular formula is C19H18ClIO5.